The topological polar surface area (TPSA) is 37.4 Å². The molecule has 5 bridgehead atoms. The Balaban J connectivity index is 1.71. The van der Waals surface area contributed by atoms with Crippen LogP contribution in [0.15, 0.2) is 0 Å². The molecule has 5 rings (SSSR count). The van der Waals surface area contributed by atoms with Gasteiger partial charge in [0.05, 0.1) is 0 Å². The van der Waals surface area contributed by atoms with Gasteiger partial charge in [0, 0.05) is 29.8 Å². The van der Waals surface area contributed by atoms with E-state index in [9.17, 15) is 9.59 Å². The van der Waals surface area contributed by atoms with Crippen LogP contribution in [-0.2, 0) is 9.59 Å². The summed E-state index contributed by atoms with van der Waals surface area (Å²) in [4.78, 5) is 28.8. The lowest BCUT2D eigenvalue weighted by atomic mass is 9.44. The molecule has 5 aliphatic rings. The van der Waals surface area contributed by atoms with Gasteiger partial charge in [0.2, 0.25) is 0 Å². The summed E-state index contributed by atoms with van der Waals surface area (Å²) in [7, 11) is 0. The van der Waals surface area contributed by atoms with Crippen molar-refractivity contribution in [1.82, 2.24) is 4.90 Å². The van der Waals surface area contributed by atoms with E-state index in [-0.39, 0.29) is 22.7 Å². The molecule has 0 aromatic heterocycles. The molecule has 138 valence electrons. The molecule has 1 aliphatic heterocycles. The summed E-state index contributed by atoms with van der Waals surface area (Å²) in [5, 5.41) is 0. The fourth-order valence-corrected chi connectivity index (χ4v) is 9.16. The molecule has 4 saturated carbocycles. The number of piperidine rings is 1. The van der Waals surface area contributed by atoms with Crippen molar-refractivity contribution in [3.63, 3.8) is 0 Å². The van der Waals surface area contributed by atoms with Gasteiger partial charge in [-0.1, -0.05) is 33.6 Å². The van der Waals surface area contributed by atoms with Crippen LogP contribution in [0.1, 0.15) is 65.7 Å². The molecule has 0 N–H and O–H groups in total. The van der Waals surface area contributed by atoms with E-state index < -0.39 is 0 Å². The maximum Gasteiger partial charge on any atom is 0.142 e. The van der Waals surface area contributed by atoms with E-state index in [1.807, 2.05) is 0 Å². The SMILES string of the molecule is CCN1C[C@]2(C)CCC[C@@]34[C@@H]2C[C@@H]([C@@H]13)[C@@]1(CCC[C@@H](C)C1=O)[C@@H]4C=O. The van der Waals surface area contributed by atoms with E-state index in [2.05, 4.69) is 25.7 Å². The highest BCUT2D eigenvalue weighted by Crippen LogP contribution is 2.79. The molecule has 1 heterocycles. The summed E-state index contributed by atoms with van der Waals surface area (Å²) < 4.78 is 0. The average molecular weight is 344 g/mol. The molecule has 0 radical (unpaired) electrons. The highest BCUT2D eigenvalue weighted by Gasteiger charge is 2.81. The fraction of sp³-hybridized carbons (Fsp3) is 0.909. The second-order valence-corrected chi connectivity index (χ2v) is 10.3. The molecule has 2 spiro atoms. The molecule has 3 heteroatoms. The summed E-state index contributed by atoms with van der Waals surface area (Å²) in [5.74, 6) is 1.68. The largest absolute Gasteiger partial charge is 0.303 e. The second-order valence-electron chi connectivity index (χ2n) is 10.3. The number of fused-ring (bicyclic) bond motifs is 1. The number of rotatable bonds is 2. The minimum absolute atomic E-state index is 0.0158. The molecule has 5 fully saturated rings. The van der Waals surface area contributed by atoms with Crippen LogP contribution in [0.5, 0.6) is 0 Å². The van der Waals surface area contributed by atoms with Crippen molar-refractivity contribution in [2.75, 3.05) is 13.1 Å². The smallest absolute Gasteiger partial charge is 0.142 e. The third kappa shape index (κ3) is 1.60. The van der Waals surface area contributed by atoms with Crippen LogP contribution in [0.3, 0.4) is 0 Å². The summed E-state index contributed by atoms with van der Waals surface area (Å²) in [5.41, 5.74) is 0.128. The number of hydrogen-bond donors (Lipinski definition) is 0. The number of hydrogen-bond acceptors (Lipinski definition) is 3. The standard InChI is InChI=1S/C22H33NO2/c1-4-23-13-20(3)8-6-10-22-16(20)11-15(18(22)23)21(17(22)12-24)9-5-7-14(2)19(21)25/h12,14-18H,4-11,13H2,1-3H3/t14-,15+,16-,17+,18-,20+,21+,22+/m1/s1. The Hall–Kier alpha value is -0.700. The highest BCUT2D eigenvalue weighted by atomic mass is 16.1. The predicted octanol–water partition coefficient (Wildman–Crippen LogP) is 3.71. The Bertz CT molecular complexity index is 632. The van der Waals surface area contributed by atoms with Gasteiger partial charge in [-0.05, 0) is 61.3 Å². The number of carbonyl (C=O) groups is 2. The van der Waals surface area contributed by atoms with Crippen molar-refractivity contribution < 1.29 is 9.59 Å². The lowest BCUT2D eigenvalue weighted by Gasteiger charge is -2.62. The Morgan fingerprint density at radius 1 is 1.24 bits per heavy atom. The van der Waals surface area contributed by atoms with Gasteiger partial charge < -0.3 is 4.79 Å². The summed E-state index contributed by atoms with van der Waals surface area (Å²) in [6, 6.07) is 0.486. The van der Waals surface area contributed by atoms with E-state index in [4.69, 9.17) is 0 Å². The van der Waals surface area contributed by atoms with Crippen LogP contribution in [0, 0.1) is 39.9 Å². The van der Waals surface area contributed by atoms with Crippen LogP contribution < -0.4 is 0 Å². The predicted molar refractivity (Wildman–Crippen MR) is 97.0 cm³/mol. The Morgan fingerprint density at radius 3 is 2.76 bits per heavy atom. The lowest BCUT2D eigenvalue weighted by Crippen LogP contribution is -2.63. The summed E-state index contributed by atoms with van der Waals surface area (Å²) >= 11 is 0. The third-order valence-electron chi connectivity index (χ3n) is 9.70. The Kier molecular flexibility index (Phi) is 3.27. The molecule has 1 saturated heterocycles. The molecule has 0 aromatic rings. The molecular weight excluding hydrogens is 310 g/mol. The number of aldehydes is 1. The second kappa shape index (κ2) is 4.97. The van der Waals surface area contributed by atoms with Crippen LogP contribution in [0.4, 0.5) is 0 Å². The fourth-order valence-electron chi connectivity index (χ4n) is 9.16. The van der Waals surface area contributed by atoms with Crippen molar-refractivity contribution in [3.05, 3.63) is 0 Å². The van der Waals surface area contributed by atoms with Crippen LogP contribution in [0.25, 0.3) is 0 Å². The van der Waals surface area contributed by atoms with Gasteiger partial charge in [0.1, 0.15) is 12.1 Å². The zero-order chi connectivity index (χ0) is 17.6. The van der Waals surface area contributed by atoms with Crippen molar-refractivity contribution in [1.29, 1.82) is 0 Å². The molecule has 25 heavy (non-hydrogen) atoms. The first-order valence-electron chi connectivity index (χ1n) is 10.7. The van der Waals surface area contributed by atoms with Crippen LogP contribution in [0.2, 0.25) is 0 Å². The number of likely N-dealkylation sites (tertiary alicyclic amines) is 1. The molecule has 8 atom stereocenters. The maximum absolute atomic E-state index is 13.6. The minimum atomic E-state index is -0.323. The Morgan fingerprint density at radius 2 is 2.04 bits per heavy atom. The summed E-state index contributed by atoms with van der Waals surface area (Å²) in [6.07, 6.45) is 9.33. The highest BCUT2D eigenvalue weighted by molar-refractivity contribution is 5.92. The molecule has 0 unspecified atom stereocenters. The van der Waals surface area contributed by atoms with Gasteiger partial charge in [0.25, 0.3) is 0 Å². The first-order chi connectivity index (χ1) is 12.0. The van der Waals surface area contributed by atoms with E-state index in [1.54, 1.807) is 0 Å². The lowest BCUT2D eigenvalue weighted by molar-refractivity contribution is -0.166. The Labute approximate surface area is 151 Å². The number of ketones is 1. The quantitative estimate of drug-likeness (QED) is 0.717. The maximum atomic E-state index is 13.6. The molecule has 4 aliphatic carbocycles. The zero-order valence-corrected chi connectivity index (χ0v) is 16.1. The van der Waals surface area contributed by atoms with Gasteiger partial charge in [-0.3, -0.25) is 9.69 Å². The third-order valence-corrected chi connectivity index (χ3v) is 9.70. The molecule has 0 aromatic carbocycles. The van der Waals surface area contributed by atoms with Crippen molar-refractivity contribution >= 4 is 12.1 Å². The van der Waals surface area contributed by atoms with Gasteiger partial charge in [-0.15, -0.1) is 0 Å². The van der Waals surface area contributed by atoms with Gasteiger partial charge >= 0.3 is 0 Å². The van der Waals surface area contributed by atoms with Crippen molar-refractivity contribution in [2.45, 2.75) is 71.8 Å². The van der Waals surface area contributed by atoms with Crippen LogP contribution >= 0.6 is 0 Å². The normalized spacial score (nSPS) is 57.2. The van der Waals surface area contributed by atoms with Crippen molar-refractivity contribution in [3.8, 4) is 0 Å². The first-order valence-corrected chi connectivity index (χ1v) is 10.7. The van der Waals surface area contributed by atoms with Gasteiger partial charge in [-0.2, -0.15) is 0 Å². The average Bonchev–Trinajstić information content (AvgIpc) is 2.98. The van der Waals surface area contributed by atoms with Crippen molar-refractivity contribution in [2.24, 2.45) is 39.9 Å². The van der Waals surface area contributed by atoms with Gasteiger partial charge in [0.15, 0.2) is 0 Å². The molecule has 0 amide bonds. The van der Waals surface area contributed by atoms with Crippen LogP contribution in [-0.4, -0.2) is 36.1 Å². The van der Waals surface area contributed by atoms with E-state index in [0.717, 1.165) is 25.8 Å². The van der Waals surface area contributed by atoms with E-state index in [0.29, 0.717) is 29.1 Å². The number of nitrogens with zero attached hydrogens (tertiary/aromatic N) is 1. The van der Waals surface area contributed by atoms with Gasteiger partial charge in [-0.25, -0.2) is 0 Å². The van der Waals surface area contributed by atoms with E-state index in [1.165, 1.54) is 38.5 Å². The molecular formula is C22H33NO2. The zero-order valence-electron chi connectivity index (χ0n) is 16.1. The molecule has 3 nitrogen and oxygen atoms in total. The number of carbonyl (C=O) groups excluding carboxylic acids is 2. The van der Waals surface area contributed by atoms with E-state index >= 15 is 0 Å². The monoisotopic (exact) mass is 343 g/mol. The first kappa shape index (κ1) is 16.5. The summed E-state index contributed by atoms with van der Waals surface area (Å²) in [6.45, 7) is 9.13. The minimum Gasteiger partial charge on any atom is -0.303 e. The number of Topliss-reactive ketones (excluding diaryl/α,β-unsaturated/α-hetero) is 1.